The minimum Gasteiger partial charge on any atom is -0.390 e. The molecule has 29 heavy (non-hydrogen) atoms. The Balaban J connectivity index is 1.48. The summed E-state index contributed by atoms with van der Waals surface area (Å²) in [5.41, 5.74) is 3.01. The zero-order chi connectivity index (χ0) is 20.5. The van der Waals surface area contributed by atoms with Gasteiger partial charge in [-0.3, -0.25) is 9.80 Å². The molecule has 152 valence electrons. The van der Waals surface area contributed by atoms with Crippen LogP contribution in [0.4, 0.5) is 5.69 Å². The summed E-state index contributed by atoms with van der Waals surface area (Å²) in [5, 5.41) is 19.8. The molecule has 1 heterocycles. The number of anilines is 1. The normalized spacial score (nSPS) is 15.8. The summed E-state index contributed by atoms with van der Waals surface area (Å²) >= 11 is 0. The van der Waals surface area contributed by atoms with Crippen molar-refractivity contribution in [2.24, 2.45) is 0 Å². The molecule has 2 aromatic rings. The number of aliphatic hydroxyl groups excluding tert-OH is 1. The number of piperazine rings is 1. The van der Waals surface area contributed by atoms with E-state index in [9.17, 15) is 5.11 Å². The van der Waals surface area contributed by atoms with Crippen LogP contribution >= 0.6 is 0 Å². The summed E-state index contributed by atoms with van der Waals surface area (Å²) < 4.78 is 0. The summed E-state index contributed by atoms with van der Waals surface area (Å²) in [6.45, 7) is 10.4. The molecule has 0 radical (unpaired) electrons. The minimum atomic E-state index is -0.419. The standard InChI is InChI=1S/C24H30N4O/c1-2-11-27(18-22-8-6-7-21(16-22)17-25)20-24(29)19-26-12-14-28(15-13-26)23-9-4-3-5-10-23/h2-10,16,24,29H,1,11-15,18-20H2. The predicted molar refractivity (Wildman–Crippen MR) is 118 cm³/mol. The highest BCUT2D eigenvalue weighted by Gasteiger charge is 2.20. The van der Waals surface area contributed by atoms with Gasteiger partial charge in [-0.2, -0.15) is 5.26 Å². The summed E-state index contributed by atoms with van der Waals surface area (Å²) in [6, 6.07) is 20.3. The van der Waals surface area contributed by atoms with Crippen LogP contribution in [0.5, 0.6) is 0 Å². The summed E-state index contributed by atoms with van der Waals surface area (Å²) in [4.78, 5) is 6.91. The Kier molecular flexibility index (Phi) is 7.83. The number of hydrogen-bond donors (Lipinski definition) is 1. The fourth-order valence-corrected chi connectivity index (χ4v) is 3.86. The van der Waals surface area contributed by atoms with Gasteiger partial charge < -0.3 is 10.0 Å². The highest BCUT2D eigenvalue weighted by molar-refractivity contribution is 5.46. The number of nitriles is 1. The van der Waals surface area contributed by atoms with E-state index in [1.165, 1.54) is 5.69 Å². The van der Waals surface area contributed by atoms with Gasteiger partial charge in [0.1, 0.15) is 0 Å². The molecule has 1 N–H and O–H groups in total. The van der Waals surface area contributed by atoms with Crippen LogP contribution in [0.25, 0.3) is 0 Å². The maximum Gasteiger partial charge on any atom is 0.0991 e. The van der Waals surface area contributed by atoms with Crippen LogP contribution in [-0.4, -0.2) is 66.8 Å². The van der Waals surface area contributed by atoms with Crippen LogP contribution in [0, 0.1) is 11.3 Å². The molecule has 1 aliphatic heterocycles. The van der Waals surface area contributed by atoms with Gasteiger partial charge in [0, 0.05) is 58.0 Å². The maximum atomic E-state index is 10.7. The van der Waals surface area contributed by atoms with Crippen molar-refractivity contribution in [3.05, 3.63) is 78.4 Å². The Morgan fingerprint density at radius 3 is 2.55 bits per heavy atom. The molecule has 1 atom stereocenters. The fourth-order valence-electron chi connectivity index (χ4n) is 3.86. The van der Waals surface area contributed by atoms with Crippen molar-refractivity contribution in [1.82, 2.24) is 9.80 Å². The van der Waals surface area contributed by atoms with E-state index in [0.717, 1.165) is 31.7 Å². The summed E-state index contributed by atoms with van der Waals surface area (Å²) in [5.74, 6) is 0. The van der Waals surface area contributed by atoms with Gasteiger partial charge in [0.25, 0.3) is 0 Å². The van der Waals surface area contributed by atoms with E-state index in [2.05, 4.69) is 51.6 Å². The van der Waals surface area contributed by atoms with Crippen molar-refractivity contribution < 1.29 is 5.11 Å². The first-order valence-corrected chi connectivity index (χ1v) is 10.2. The Bertz CT molecular complexity index is 809. The van der Waals surface area contributed by atoms with Gasteiger partial charge in [-0.05, 0) is 29.8 Å². The van der Waals surface area contributed by atoms with E-state index in [1.807, 2.05) is 36.4 Å². The molecule has 0 aromatic heterocycles. The number of hydrogen-bond acceptors (Lipinski definition) is 5. The molecule has 3 rings (SSSR count). The minimum absolute atomic E-state index is 0.419. The predicted octanol–water partition coefficient (Wildman–Crippen LogP) is 2.73. The smallest absolute Gasteiger partial charge is 0.0991 e. The highest BCUT2D eigenvalue weighted by Crippen LogP contribution is 2.16. The van der Waals surface area contributed by atoms with Crippen molar-refractivity contribution in [2.75, 3.05) is 50.7 Å². The second-order valence-electron chi connectivity index (χ2n) is 7.57. The average Bonchev–Trinajstić information content (AvgIpc) is 2.75. The lowest BCUT2D eigenvalue weighted by molar-refractivity contribution is 0.0730. The quantitative estimate of drug-likeness (QED) is 0.667. The van der Waals surface area contributed by atoms with Crippen LogP contribution in [0.3, 0.4) is 0 Å². The zero-order valence-corrected chi connectivity index (χ0v) is 17.0. The molecule has 2 aromatic carbocycles. The Hall–Kier alpha value is -2.65. The van der Waals surface area contributed by atoms with Gasteiger partial charge in [0.05, 0.1) is 17.7 Å². The van der Waals surface area contributed by atoms with Crippen molar-refractivity contribution in [1.29, 1.82) is 5.26 Å². The first-order chi connectivity index (χ1) is 14.2. The molecule has 1 unspecified atom stereocenters. The zero-order valence-electron chi connectivity index (χ0n) is 17.0. The van der Waals surface area contributed by atoms with Crippen LogP contribution in [-0.2, 0) is 6.54 Å². The SMILES string of the molecule is C=CCN(Cc1cccc(C#N)c1)CC(O)CN1CCN(c2ccccc2)CC1. The van der Waals surface area contributed by atoms with Gasteiger partial charge >= 0.3 is 0 Å². The van der Waals surface area contributed by atoms with Gasteiger partial charge in [0.15, 0.2) is 0 Å². The molecule has 0 saturated carbocycles. The van der Waals surface area contributed by atoms with Gasteiger partial charge in [0.2, 0.25) is 0 Å². The Labute approximate surface area is 174 Å². The largest absolute Gasteiger partial charge is 0.390 e. The number of nitrogens with zero attached hydrogens (tertiary/aromatic N) is 4. The molecule has 0 bridgehead atoms. The second-order valence-corrected chi connectivity index (χ2v) is 7.57. The average molecular weight is 391 g/mol. The third kappa shape index (κ3) is 6.43. The number of β-amino-alcohol motifs (C(OH)–C–C–N with tert-alkyl or cyclic N) is 1. The number of aliphatic hydroxyl groups is 1. The topological polar surface area (TPSA) is 53.7 Å². The van der Waals surface area contributed by atoms with Crippen molar-refractivity contribution >= 4 is 5.69 Å². The van der Waals surface area contributed by atoms with E-state index >= 15 is 0 Å². The fraction of sp³-hybridized carbons (Fsp3) is 0.375. The first kappa shape index (κ1) is 21.1. The van der Waals surface area contributed by atoms with Gasteiger partial charge in [-0.15, -0.1) is 6.58 Å². The van der Waals surface area contributed by atoms with E-state index < -0.39 is 6.10 Å². The molecule has 1 aliphatic rings. The third-order valence-electron chi connectivity index (χ3n) is 5.28. The lowest BCUT2D eigenvalue weighted by Crippen LogP contribution is -2.50. The van der Waals surface area contributed by atoms with Crippen LogP contribution in [0.15, 0.2) is 67.3 Å². The molecule has 1 fully saturated rings. The maximum absolute atomic E-state index is 10.7. The van der Waals surface area contributed by atoms with Gasteiger partial charge in [-0.1, -0.05) is 36.4 Å². The Morgan fingerprint density at radius 2 is 1.86 bits per heavy atom. The molecule has 1 saturated heterocycles. The molecule has 0 spiro atoms. The molecule has 0 amide bonds. The number of rotatable bonds is 9. The van der Waals surface area contributed by atoms with Crippen molar-refractivity contribution in [3.8, 4) is 6.07 Å². The molecule has 0 aliphatic carbocycles. The van der Waals surface area contributed by atoms with Crippen molar-refractivity contribution in [3.63, 3.8) is 0 Å². The second kappa shape index (κ2) is 10.8. The van der Waals surface area contributed by atoms with E-state index in [4.69, 9.17) is 5.26 Å². The highest BCUT2D eigenvalue weighted by atomic mass is 16.3. The van der Waals surface area contributed by atoms with Gasteiger partial charge in [-0.25, -0.2) is 0 Å². The first-order valence-electron chi connectivity index (χ1n) is 10.2. The monoisotopic (exact) mass is 390 g/mol. The van der Waals surface area contributed by atoms with Crippen molar-refractivity contribution in [2.45, 2.75) is 12.6 Å². The molecular weight excluding hydrogens is 360 g/mol. The summed E-state index contributed by atoms with van der Waals surface area (Å²) in [6.07, 6.45) is 1.44. The van der Waals surface area contributed by atoms with E-state index in [-0.39, 0.29) is 0 Å². The molecule has 5 nitrogen and oxygen atoms in total. The third-order valence-corrected chi connectivity index (χ3v) is 5.28. The van der Waals surface area contributed by atoms with Crippen LogP contribution in [0.2, 0.25) is 0 Å². The van der Waals surface area contributed by atoms with Crippen LogP contribution in [0.1, 0.15) is 11.1 Å². The number of benzene rings is 2. The van der Waals surface area contributed by atoms with E-state index in [0.29, 0.717) is 31.7 Å². The summed E-state index contributed by atoms with van der Waals surface area (Å²) in [7, 11) is 0. The lowest BCUT2D eigenvalue weighted by Gasteiger charge is -2.37. The Morgan fingerprint density at radius 1 is 1.10 bits per heavy atom. The van der Waals surface area contributed by atoms with E-state index in [1.54, 1.807) is 0 Å². The van der Waals surface area contributed by atoms with Crippen LogP contribution < -0.4 is 4.90 Å². The molecule has 5 heteroatoms. The molecular formula is C24H30N4O. The lowest BCUT2D eigenvalue weighted by atomic mass is 10.1. The number of para-hydroxylation sites is 1.